The van der Waals surface area contributed by atoms with Gasteiger partial charge in [-0.15, -0.1) is 0 Å². The van der Waals surface area contributed by atoms with Crippen molar-refractivity contribution in [3.8, 4) is 17.7 Å². The largest absolute Gasteiger partial charge is 0.465 e. The molecule has 0 aliphatic heterocycles. The monoisotopic (exact) mass is 315 g/mol. The molecule has 7 heteroatoms. The van der Waals surface area contributed by atoms with Crippen LogP contribution in [0, 0.1) is 17.1 Å². The van der Waals surface area contributed by atoms with Gasteiger partial charge in [0.25, 0.3) is 0 Å². The average molecular weight is 315 g/mol. The zero-order valence-electron chi connectivity index (χ0n) is 12.7. The highest BCUT2D eigenvalue weighted by molar-refractivity contribution is 5.93. The van der Waals surface area contributed by atoms with Crippen molar-refractivity contribution in [2.45, 2.75) is 19.8 Å². The zero-order valence-corrected chi connectivity index (χ0v) is 12.7. The van der Waals surface area contributed by atoms with Crippen LogP contribution >= 0.6 is 0 Å². The van der Waals surface area contributed by atoms with Crippen molar-refractivity contribution >= 4 is 5.97 Å². The number of nitriles is 1. The lowest BCUT2D eigenvalue weighted by Gasteiger charge is -2.12. The number of nitrogens with zero attached hydrogens (tertiary/aromatic N) is 3. The number of aromatic nitrogens is 2. The topological polar surface area (TPSA) is 85.1 Å². The fourth-order valence-corrected chi connectivity index (χ4v) is 1.97. The van der Waals surface area contributed by atoms with Crippen LogP contribution in [0.25, 0.3) is 0 Å². The molecule has 1 heterocycles. The number of carbonyl (C=O) groups excluding carboxylic acids is 1. The molecule has 118 valence electrons. The van der Waals surface area contributed by atoms with Gasteiger partial charge >= 0.3 is 5.97 Å². The smallest absolute Gasteiger partial charge is 0.345 e. The van der Waals surface area contributed by atoms with Gasteiger partial charge in [-0.3, -0.25) is 0 Å². The van der Waals surface area contributed by atoms with Gasteiger partial charge in [0.15, 0.2) is 11.6 Å². The number of aryl methyl sites for hydroxylation is 1. The maximum atomic E-state index is 14.0. The van der Waals surface area contributed by atoms with Crippen LogP contribution in [0.4, 0.5) is 4.39 Å². The van der Waals surface area contributed by atoms with E-state index in [1.807, 2.05) is 13.0 Å². The van der Waals surface area contributed by atoms with Crippen LogP contribution in [0.5, 0.6) is 11.6 Å². The van der Waals surface area contributed by atoms with Crippen LogP contribution in [0.15, 0.2) is 24.5 Å². The third-order valence-corrected chi connectivity index (χ3v) is 3.03. The van der Waals surface area contributed by atoms with Crippen molar-refractivity contribution in [3.05, 3.63) is 47.2 Å². The van der Waals surface area contributed by atoms with Gasteiger partial charge < -0.3 is 9.47 Å². The summed E-state index contributed by atoms with van der Waals surface area (Å²) in [5, 5.41) is 8.75. The van der Waals surface area contributed by atoms with Crippen molar-refractivity contribution in [2.24, 2.45) is 0 Å². The molecule has 0 spiro atoms. The van der Waals surface area contributed by atoms with E-state index in [4.69, 9.17) is 14.7 Å². The molecule has 6 nitrogen and oxygen atoms in total. The lowest BCUT2D eigenvalue weighted by Crippen LogP contribution is -2.11. The van der Waals surface area contributed by atoms with Crippen LogP contribution in [-0.4, -0.2) is 23.0 Å². The molecule has 0 amide bonds. The first-order valence-corrected chi connectivity index (χ1v) is 6.90. The van der Waals surface area contributed by atoms with E-state index in [0.29, 0.717) is 12.1 Å². The van der Waals surface area contributed by atoms with Crippen molar-refractivity contribution in [1.29, 1.82) is 5.26 Å². The summed E-state index contributed by atoms with van der Waals surface area (Å²) in [6.07, 6.45) is 2.53. The van der Waals surface area contributed by atoms with E-state index in [1.165, 1.54) is 25.6 Å². The van der Waals surface area contributed by atoms with Gasteiger partial charge in [0, 0.05) is 0 Å². The van der Waals surface area contributed by atoms with Crippen molar-refractivity contribution in [3.63, 3.8) is 0 Å². The van der Waals surface area contributed by atoms with Crippen LogP contribution < -0.4 is 4.74 Å². The molecule has 2 rings (SSSR count). The highest BCUT2D eigenvalue weighted by Crippen LogP contribution is 2.28. The predicted octanol–water partition coefficient (Wildman–Crippen LogP) is 3.02. The van der Waals surface area contributed by atoms with E-state index < -0.39 is 11.8 Å². The Morgan fingerprint density at radius 1 is 1.39 bits per heavy atom. The van der Waals surface area contributed by atoms with Crippen molar-refractivity contribution in [1.82, 2.24) is 9.97 Å². The van der Waals surface area contributed by atoms with Crippen LogP contribution in [0.1, 0.15) is 35.0 Å². The third-order valence-electron chi connectivity index (χ3n) is 3.03. The molecule has 0 N–H and O–H groups in total. The minimum absolute atomic E-state index is 0.0700. The lowest BCUT2D eigenvalue weighted by molar-refractivity contribution is 0.0595. The van der Waals surface area contributed by atoms with Gasteiger partial charge in [-0.1, -0.05) is 13.3 Å². The first-order valence-electron chi connectivity index (χ1n) is 6.90. The summed E-state index contributed by atoms with van der Waals surface area (Å²) in [5.74, 6) is -1.61. The Hall–Kier alpha value is -3.01. The molecule has 0 atom stereocenters. The molecular formula is C16H14FN3O3. The van der Waals surface area contributed by atoms with Gasteiger partial charge in [-0.2, -0.15) is 5.26 Å². The Kier molecular flexibility index (Phi) is 5.20. The minimum atomic E-state index is -0.726. The highest BCUT2D eigenvalue weighted by atomic mass is 19.1. The second-order valence-corrected chi connectivity index (χ2v) is 4.60. The van der Waals surface area contributed by atoms with E-state index in [0.717, 1.165) is 12.5 Å². The zero-order chi connectivity index (χ0) is 16.8. The molecule has 23 heavy (non-hydrogen) atoms. The van der Waals surface area contributed by atoms with E-state index in [-0.39, 0.29) is 22.8 Å². The molecule has 0 saturated carbocycles. The van der Waals surface area contributed by atoms with Crippen molar-refractivity contribution < 1.29 is 18.7 Å². The SMILES string of the molecule is CCCc1ncnc(Oc2ccc(C#N)cc2F)c1C(=O)OC. The summed E-state index contributed by atoms with van der Waals surface area (Å²) in [5.41, 5.74) is 0.705. The Morgan fingerprint density at radius 2 is 2.17 bits per heavy atom. The Bertz CT molecular complexity index is 772. The molecule has 1 aromatic heterocycles. The first-order chi connectivity index (χ1) is 11.1. The quantitative estimate of drug-likeness (QED) is 0.788. The summed E-state index contributed by atoms with van der Waals surface area (Å²) < 4.78 is 24.1. The molecule has 1 aromatic carbocycles. The number of halogens is 1. The molecular weight excluding hydrogens is 301 g/mol. The number of carbonyl (C=O) groups is 1. The van der Waals surface area contributed by atoms with Gasteiger partial charge in [0.2, 0.25) is 5.88 Å². The van der Waals surface area contributed by atoms with Crippen LogP contribution in [0.2, 0.25) is 0 Å². The van der Waals surface area contributed by atoms with Gasteiger partial charge in [-0.25, -0.2) is 19.2 Å². The summed E-state index contributed by atoms with van der Waals surface area (Å²) >= 11 is 0. The maximum absolute atomic E-state index is 14.0. The van der Waals surface area contributed by atoms with Gasteiger partial charge in [0.1, 0.15) is 11.9 Å². The molecule has 0 aliphatic rings. The predicted molar refractivity (Wildman–Crippen MR) is 78.6 cm³/mol. The number of rotatable bonds is 5. The fraction of sp³-hybridized carbons (Fsp3) is 0.250. The summed E-state index contributed by atoms with van der Waals surface area (Å²) in [4.78, 5) is 20.0. The van der Waals surface area contributed by atoms with E-state index in [9.17, 15) is 9.18 Å². The van der Waals surface area contributed by atoms with E-state index in [2.05, 4.69) is 9.97 Å². The third kappa shape index (κ3) is 3.61. The number of benzene rings is 1. The molecule has 0 saturated heterocycles. The number of hydrogen-bond donors (Lipinski definition) is 0. The second kappa shape index (κ2) is 7.31. The second-order valence-electron chi connectivity index (χ2n) is 4.60. The normalized spacial score (nSPS) is 10.0. The Balaban J connectivity index is 2.45. The molecule has 0 unspecified atom stereocenters. The maximum Gasteiger partial charge on any atom is 0.345 e. The van der Waals surface area contributed by atoms with Crippen LogP contribution in [-0.2, 0) is 11.2 Å². The van der Waals surface area contributed by atoms with E-state index >= 15 is 0 Å². The average Bonchev–Trinajstić information content (AvgIpc) is 2.56. The molecule has 2 aromatic rings. The fourth-order valence-electron chi connectivity index (χ4n) is 1.97. The number of hydrogen-bond acceptors (Lipinski definition) is 6. The molecule has 0 radical (unpaired) electrons. The summed E-state index contributed by atoms with van der Waals surface area (Å²) in [6.45, 7) is 1.93. The van der Waals surface area contributed by atoms with E-state index in [1.54, 1.807) is 0 Å². The number of esters is 1. The Labute approximate surface area is 132 Å². The van der Waals surface area contributed by atoms with Crippen LogP contribution in [0.3, 0.4) is 0 Å². The summed E-state index contributed by atoms with van der Waals surface area (Å²) in [7, 11) is 1.23. The highest BCUT2D eigenvalue weighted by Gasteiger charge is 2.22. The number of ether oxygens (including phenoxy) is 2. The Morgan fingerprint density at radius 3 is 2.78 bits per heavy atom. The van der Waals surface area contributed by atoms with Gasteiger partial charge in [-0.05, 0) is 24.6 Å². The van der Waals surface area contributed by atoms with Crippen molar-refractivity contribution in [2.75, 3.05) is 7.11 Å². The molecule has 0 bridgehead atoms. The summed E-state index contributed by atoms with van der Waals surface area (Å²) in [6, 6.07) is 5.58. The first kappa shape index (κ1) is 16.4. The standard InChI is InChI=1S/C16H14FN3O3/c1-3-4-12-14(16(21)22-2)15(20-9-19-12)23-13-6-5-10(8-18)7-11(13)17/h5-7,9H,3-4H2,1-2H3. The van der Waals surface area contributed by atoms with Gasteiger partial charge in [0.05, 0.1) is 24.4 Å². The number of methoxy groups -OCH3 is 1. The molecule has 0 fully saturated rings. The molecule has 0 aliphatic carbocycles. The lowest BCUT2D eigenvalue weighted by atomic mass is 10.1. The minimum Gasteiger partial charge on any atom is -0.465 e.